The summed E-state index contributed by atoms with van der Waals surface area (Å²) in [6, 6.07) is -0.353. The quantitative estimate of drug-likeness (QED) is 0.749. The maximum absolute atomic E-state index is 12.7. The minimum atomic E-state index is -0.353. The third-order valence-electron chi connectivity index (χ3n) is 4.32. The molecule has 0 aromatic heterocycles. The van der Waals surface area contributed by atoms with Gasteiger partial charge in [0.05, 0.1) is 6.04 Å². The molecule has 4 nitrogen and oxygen atoms in total. The largest absolute Gasteiger partial charge is 0.381 e. The Morgan fingerprint density at radius 1 is 1.10 bits per heavy atom. The van der Waals surface area contributed by atoms with Gasteiger partial charge in [-0.25, -0.2) is 0 Å². The van der Waals surface area contributed by atoms with Gasteiger partial charge in [-0.05, 0) is 43.4 Å². The average Bonchev–Trinajstić information content (AvgIpc) is 2.46. The SMILES string of the molecule is CC(C)CCN(CCC(C)C)C(=O)C(N)C1CCOCC1. The molecule has 1 amide bonds. The van der Waals surface area contributed by atoms with Gasteiger partial charge < -0.3 is 15.4 Å². The standard InChI is InChI=1S/C17H34N2O2/c1-13(2)5-9-19(10-6-14(3)4)17(20)16(18)15-7-11-21-12-8-15/h13-16H,5-12,18H2,1-4H3. The highest BCUT2D eigenvalue weighted by Crippen LogP contribution is 2.19. The zero-order valence-corrected chi connectivity index (χ0v) is 14.3. The smallest absolute Gasteiger partial charge is 0.239 e. The molecule has 1 unspecified atom stereocenters. The molecule has 1 fully saturated rings. The van der Waals surface area contributed by atoms with Crippen molar-refractivity contribution in [1.29, 1.82) is 0 Å². The lowest BCUT2D eigenvalue weighted by Crippen LogP contribution is -2.49. The van der Waals surface area contributed by atoms with E-state index in [1.165, 1.54) is 0 Å². The number of nitrogens with zero attached hydrogens (tertiary/aromatic N) is 1. The van der Waals surface area contributed by atoms with E-state index in [1.54, 1.807) is 0 Å². The van der Waals surface area contributed by atoms with Crippen LogP contribution in [0, 0.1) is 17.8 Å². The highest BCUT2D eigenvalue weighted by atomic mass is 16.5. The van der Waals surface area contributed by atoms with Gasteiger partial charge in [0.15, 0.2) is 0 Å². The van der Waals surface area contributed by atoms with Crippen molar-refractivity contribution in [1.82, 2.24) is 4.90 Å². The molecular weight excluding hydrogens is 264 g/mol. The third kappa shape index (κ3) is 6.79. The predicted molar refractivity (Wildman–Crippen MR) is 87.0 cm³/mol. The van der Waals surface area contributed by atoms with Crippen LogP contribution in [-0.2, 0) is 9.53 Å². The van der Waals surface area contributed by atoms with Crippen molar-refractivity contribution in [3.63, 3.8) is 0 Å². The number of rotatable bonds is 8. The van der Waals surface area contributed by atoms with Crippen LogP contribution in [0.1, 0.15) is 53.4 Å². The second-order valence-corrected chi connectivity index (χ2v) is 7.17. The Morgan fingerprint density at radius 3 is 2.00 bits per heavy atom. The van der Waals surface area contributed by atoms with Crippen molar-refractivity contribution in [2.75, 3.05) is 26.3 Å². The molecular formula is C17H34N2O2. The molecule has 0 bridgehead atoms. The lowest BCUT2D eigenvalue weighted by molar-refractivity contribution is -0.135. The molecule has 0 radical (unpaired) electrons. The summed E-state index contributed by atoms with van der Waals surface area (Å²) >= 11 is 0. The minimum Gasteiger partial charge on any atom is -0.381 e. The van der Waals surface area contributed by atoms with E-state index in [-0.39, 0.29) is 17.9 Å². The summed E-state index contributed by atoms with van der Waals surface area (Å²) < 4.78 is 5.37. The number of nitrogens with two attached hydrogens (primary N) is 1. The predicted octanol–water partition coefficient (Wildman–Crippen LogP) is 2.66. The summed E-state index contributed by atoms with van der Waals surface area (Å²) in [5.74, 6) is 1.65. The van der Waals surface area contributed by atoms with E-state index in [0.29, 0.717) is 11.8 Å². The molecule has 2 N–H and O–H groups in total. The summed E-state index contributed by atoms with van der Waals surface area (Å²) in [5, 5.41) is 0. The van der Waals surface area contributed by atoms with Crippen molar-refractivity contribution in [3.05, 3.63) is 0 Å². The van der Waals surface area contributed by atoms with E-state index >= 15 is 0 Å². The van der Waals surface area contributed by atoms with E-state index in [2.05, 4.69) is 27.7 Å². The van der Waals surface area contributed by atoms with Gasteiger partial charge in [-0.2, -0.15) is 0 Å². The van der Waals surface area contributed by atoms with Crippen LogP contribution >= 0.6 is 0 Å². The molecule has 0 saturated carbocycles. The highest BCUT2D eigenvalue weighted by Gasteiger charge is 2.29. The Bertz CT molecular complexity index is 287. The molecule has 124 valence electrons. The minimum absolute atomic E-state index is 0.142. The van der Waals surface area contributed by atoms with E-state index in [0.717, 1.165) is 52.0 Å². The van der Waals surface area contributed by atoms with Crippen LogP contribution < -0.4 is 5.73 Å². The zero-order valence-electron chi connectivity index (χ0n) is 14.3. The van der Waals surface area contributed by atoms with E-state index in [4.69, 9.17) is 10.5 Å². The fourth-order valence-electron chi connectivity index (χ4n) is 2.65. The summed E-state index contributed by atoms with van der Waals surface area (Å²) in [6.07, 6.45) is 3.92. The second-order valence-electron chi connectivity index (χ2n) is 7.17. The van der Waals surface area contributed by atoms with E-state index < -0.39 is 0 Å². The van der Waals surface area contributed by atoms with Crippen molar-refractivity contribution < 1.29 is 9.53 Å². The van der Waals surface area contributed by atoms with Gasteiger partial charge in [-0.1, -0.05) is 27.7 Å². The molecule has 0 aromatic carbocycles. The van der Waals surface area contributed by atoms with Gasteiger partial charge in [0, 0.05) is 26.3 Å². The van der Waals surface area contributed by atoms with Crippen molar-refractivity contribution in [2.24, 2.45) is 23.5 Å². The summed E-state index contributed by atoms with van der Waals surface area (Å²) in [5.41, 5.74) is 6.26. The number of hydrogen-bond acceptors (Lipinski definition) is 3. The topological polar surface area (TPSA) is 55.6 Å². The Labute approximate surface area is 130 Å². The van der Waals surface area contributed by atoms with Crippen LogP contribution in [-0.4, -0.2) is 43.2 Å². The van der Waals surface area contributed by atoms with E-state index in [9.17, 15) is 4.79 Å². The molecule has 21 heavy (non-hydrogen) atoms. The number of hydrogen-bond donors (Lipinski definition) is 1. The molecule has 1 saturated heterocycles. The van der Waals surface area contributed by atoms with Gasteiger partial charge in [0.1, 0.15) is 0 Å². The van der Waals surface area contributed by atoms with Gasteiger partial charge in [0.2, 0.25) is 5.91 Å². The van der Waals surface area contributed by atoms with Crippen LogP contribution in [0.4, 0.5) is 0 Å². The Balaban J connectivity index is 2.58. The van der Waals surface area contributed by atoms with Gasteiger partial charge in [0.25, 0.3) is 0 Å². The molecule has 0 aromatic rings. The lowest BCUT2D eigenvalue weighted by atomic mass is 9.91. The van der Waals surface area contributed by atoms with Crippen LogP contribution in [0.25, 0.3) is 0 Å². The second kappa shape index (κ2) is 9.42. The molecule has 1 rings (SSSR count). The van der Waals surface area contributed by atoms with E-state index in [1.807, 2.05) is 4.90 Å². The summed E-state index contributed by atoms with van der Waals surface area (Å²) in [7, 11) is 0. The lowest BCUT2D eigenvalue weighted by Gasteiger charge is -2.32. The first kappa shape index (κ1) is 18.4. The molecule has 0 spiro atoms. The Morgan fingerprint density at radius 2 is 1.57 bits per heavy atom. The van der Waals surface area contributed by atoms with Crippen LogP contribution in [0.5, 0.6) is 0 Å². The number of ether oxygens (including phenoxy) is 1. The highest BCUT2D eigenvalue weighted by molar-refractivity contribution is 5.82. The normalized spacial score (nSPS) is 18.2. The summed E-state index contributed by atoms with van der Waals surface area (Å²) in [4.78, 5) is 14.7. The first-order valence-corrected chi connectivity index (χ1v) is 8.54. The van der Waals surface area contributed by atoms with Crippen molar-refractivity contribution >= 4 is 5.91 Å². The van der Waals surface area contributed by atoms with Gasteiger partial charge in [-0.15, -0.1) is 0 Å². The first-order chi connectivity index (χ1) is 9.91. The monoisotopic (exact) mass is 298 g/mol. The fraction of sp³-hybridized carbons (Fsp3) is 0.941. The third-order valence-corrected chi connectivity index (χ3v) is 4.32. The fourth-order valence-corrected chi connectivity index (χ4v) is 2.65. The molecule has 1 aliphatic heterocycles. The van der Waals surface area contributed by atoms with Crippen molar-refractivity contribution in [2.45, 2.75) is 59.4 Å². The Hall–Kier alpha value is -0.610. The zero-order chi connectivity index (χ0) is 15.8. The van der Waals surface area contributed by atoms with Gasteiger partial charge in [-0.3, -0.25) is 4.79 Å². The molecule has 1 atom stereocenters. The van der Waals surface area contributed by atoms with Crippen LogP contribution in [0.15, 0.2) is 0 Å². The van der Waals surface area contributed by atoms with Crippen LogP contribution in [0.3, 0.4) is 0 Å². The van der Waals surface area contributed by atoms with Gasteiger partial charge >= 0.3 is 0 Å². The Kier molecular flexibility index (Phi) is 8.27. The number of carbonyl (C=O) groups is 1. The molecule has 1 aliphatic rings. The first-order valence-electron chi connectivity index (χ1n) is 8.54. The number of amides is 1. The maximum Gasteiger partial charge on any atom is 0.239 e. The van der Waals surface area contributed by atoms with Crippen LogP contribution in [0.2, 0.25) is 0 Å². The molecule has 0 aliphatic carbocycles. The average molecular weight is 298 g/mol. The van der Waals surface area contributed by atoms with Crippen molar-refractivity contribution in [3.8, 4) is 0 Å². The number of carbonyl (C=O) groups excluding carboxylic acids is 1. The maximum atomic E-state index is 12.7. The summed E-state index contributed by atoms with van der Waals surface area (Å²) in [6.45, 7) is 11.9. The molecule has 4 heteroatoms. The molecule has 1 heterocycles.